The van der Waals surface area contributed by atoms with Gasteiger partial charge in [0.15, 0.2) is 0 Å². The van der Waals surface area contributed by atoms with E-state index in [4.69, 9.17) is 27.8 Å². The summed E-state index contributed by atoms with van der Waals surface area (Å²) in [6, 6.07) is 1.84. The maximum atomic E-state index is 11.9. The van der Waals surface area contributed by atoms with Gasteiger partial charge in [0, 0.05) is 37.2 Å². The van der Waals surface area contributed by atoms with E-state index in [2.05, 4.69) is 14.9 Å². The van der Waals surface area contributed by atoms with E-state index in [1.807, 2.05) is 19.9 Å². The molecule has 1 aromatic carbocycles. The summed E-state index contributed by atoms with van der Waals surface area (Å²) in [7, 11) is 0. The molecule has 1 atom stereocenters. The number of rotatable bonds is 10. The molecule has 0 aliphatic carbocycles. The Hall–Kier alpha value is -2.42. The van der Waals surface area contributed by atoms with E-state index in [1.165, 1.54) is 0 Å². The molecule has 1 aliphatic rings. The van der Waals surface area contributed by atoms with E-state index in [1.54, 1.807) is 12.4 Å². The molecule has 0 saturated carbocycles. The molecule has 9 heteroatoms. The minimum absolute atomic E-state index is 0.137. The van der Waals surface area contributed by atoms with E-state index >= 15 is 0 Å². The van der Waals surface area contributed by atoms with Crippen LogP contribution < -0.4 is 21.1 Å². The Balaban J connectivity index is 1.54. The highest BCUT2D eigenvalue weighted by molar-refractivity contribution is 6.30. The molecule has 5 N–H and O–H groups in total. The van der Waals surface area contributed by atoms with Gasteiger partial charge in [-0.05, 0) is 62.6 Å². The van der Waals surface area contributed by atoms with Crippen molar-refractivity contribution in [3.63, 3.8) is 0 Å². The minimum Gasteiger partial charge on any atom is -0.493 e. The highest BCUT2D eigenvalue weighted by Gasteiger charge is 2.22. The zero-order valence-corrected chi connectivity index (χ0v) is 20.1. The van der Waals surface area contributed by atoms with Crippen molar-refractivity contribution in [1.29, 1.82) is 0 Å². The number of carbonyl (C=O) groups is 1. The highest BCUT2D eigenvalue weighted by Crippen LogP contribution is 2.30. The van der Waals surface area contributed by atoms with Crippen molar-refractivity contribution >= 4 is 23.5 Å². The summed E-state index contributed by atoms with van der Waals surface area (Å²) in [4.78, 5) is 22.7. The fourth-order valence-corrected chi connectivity index (χ4v) is 4.61. The zero-order valence-electron chi connectivity index (χ0n) is 19.4. The number of ether oxygens (including phenoxy) is 1. The van der Waals surface area contributed by atoms with Crippen LogP contribution in [0.2, 0.25) is 5.02 Å². The molecule has 8 nitrogen and oxygen atoms in total. The van der Waals surface area contributed by atoms with E-state index in [0.29, 0.717) is 35.3 Å². The molecular formula is C24H34ClN5O3. The third kappa shape index (κ3) is 6.56. The van der Waals surface area contributed by atoms with Gasteiger partial charge in [-0.25, -0.2) is 9.97 Å². The molecule has 33 heavy (non-hydrogen) atoms. The van der Waals surface area contributed by atoms with Crippen molar-refractivity contribution in [2.75, 3.05) is 31.1 Å². The normalized spacial score (nSPS) is 15.5. The van der Waals surface area contributed by atoms with Gasteiger partial charge < -0.3 is 26.2 Å². The van der Waals surface area contributed by atoms with Crippen molar-refractivity contribution in [3.05, 3.63) is 45.7 Å². The molecule has 1 aromatic heterocycles. The smallest absolute Gasteiger partial charge is 0.249 e. The van der Waals surface area contributed by atoms with Gasteiger partial charge in [0.2, 0.25) is 11.9 Å². The minimum atomic E-state index is -0.704. The number of benzene rings is 1. The maximum absolute atomic E-state index is 11.9. The molecule has 0 bridgehead atoms. The number of aromatic nitrogens is 2. The van der Waals surface area contributed by atoms with E-state index in [-0.39, 0.29) is 6.54 Å². The van der Waals surface area contributed by atoms with Crippen molar-refractivity contribution in [3.8, 4) is 5.75 Å². The summed E-state index contributed by atoms with van der Waals surface area (Å²) < 4.78 is 6.12. The van der Waals surface area contributed by atoms with Gasteiger partial charge in [0.05, 0.1) is 30.1 Å². The zero-order chi connectivity index (χ0) is 24.0. The largest absolute Gasteiger partial charge is 0.493 e. The second-order valence-corrected chi connectivity index (χ2v) is 9.19. The molecule has 3 rings (SSSR count). The van der Waals surface area contributed by atoms with Crippen molar-refractivity contribution < 1.29 is 14.6 Å². The number of nitrogens with zero attached hydrogens (tertiary/aromatic N) is 3. The Labute approximate surface area is 200 Å². The number of carbonyl (C=O) groups excluding carboxylic acids is 1. The van der Waals surface area contributed by atoms with Crippen LogP contribution in [-0.2, 0) is 6.42 Å². The lowest BCUT2D eigenvalue weighted by Crippen LogP contribution is -2.34. The summed E-state index contributed by atoms with van der Waals surface area (Å²) in [6.07, 6.45) is 7.06. The maximum Gasteiger partial charge on any atom is 0.249 e. The lowest BCUT2D eigenvalue weighted by atomic mass is 9.92. The summed E-state index contributed by atoms with van der Waals surface area (Å²) in [6.45, 7) is 6.26. The van der Waals surface area contributed by atoms with Gasteiger partial charge in [-0.2, -0.15) is 0 Å². The van der Waals surface area contributed by atoms with Crippen LogP contribution in [-0.4, -0.2) is 53.3 Å². The van der Waals surface area contributed by atoms with Crippen LogP contribution >= 0.6 is 11.6 Å². The second kappa shape index (κ2) is 11.6. The number of piperidine rings is 1. The van der Waals surface area contributed by atoms with Crippen molar-refractivity contribution in [1.82, 2.24) is 9.97 Å². The third-order valence-electron chi connectivity index (χ3n) is 6.34. The Morgan fingerprint density at radius 2 is 1.97 bits per heavy atom. The number of nitrogens with two attached hydrogens (primary N) is 2. The van der Waals surface area contributed by atoms with Crippen LogP contribution in [0.4, 0.5) is 5.95 Å². The molecule has 2 heterocycles. The summed E-state index contributed by atoms with van der Waals surface area (Å²) in [5.41, 5.74) is 14.0. The van der Waals surface area contributed by atoms with Crippen molar-refractivity contribution in [2.24, 2.45) is 17.4 Å². The van der Waals surface area contributed by atoms with Gasteiger partial charge in [-0.15, -0.1) is 0 Å². The molecule has 1 aliphatic heterocycles. The van der Waals surface area contributed by atoms with Gasteiger partial charge >= 0.3 is 0 Å². The lowest BCUT2D eigenvalue weighted by molar-refractivity contribution is 0.0998. The quantitative estimate of drug-likeness (QED) is 0.451. The van der Waals surface area contributed by atoms with E-state index in [0.717, 1.165) is 61.4 Å². The number of aliphatic hydroxyl groups is 1. The molecule has 1 fully saturated rings. The van der Waals surface area contributed by atoms with Crippen LogP contribution in [0, 0.1) is 19.8 Å². The Morgan fingerprint density at radius 3 is 2.58 bits per heavy atom. The number of anilines is 1. The number of aryl methyl sites for hydroxylation is 1. The van der Waals surface area contributed by atoms with Gasteiger partial charge in [-0.1, -0.05) is 11.6 Å². The second-order valence-electron chi connectivity index (χ2n) is 8.75. The molecule has 180 valence electrons. The van der Waals surface area contributed by atoms with Crippen LogP contribution in [0.3, 0.4) is 0 Å². The molecule has 2 aromatic rings. The Morgan fingerprint density at radius 1 is 1.30 bits per heavy atom. The average Bonchev–Trinajstić information content (AvgIpc) is 2.79. The Kier molecular flexibility index (Phi) is 8.88. The fourth-order valence-electron chi connectivity index (χ4n) is 4.51. The number of hydrogen-bond acceptors (Lipinski definition) is 7. The molecular weight excluding hydrogens is 442 g/mol. The van der Waals surface area contributed by atoms with E-state index < -0.39 is 12.0 Å². The van der Waals surface area contributed by atoms with Crippen LogP contribution in [0.1, 0.15) is 52.7 Å². The first kappa shape index (κ1) is 25.2. The molecule has 1 saturated heterocycles. The average molecular weight is 476 g/mol. The van der Waals surface area contributed by atoms with Gasteiger partial charge in [0.1, 0.15) is 5.75 Å². The van der Waals surface area contributed by atoms with Crippen LogP contribution in [0.5, 0.6) is 5.75 Å². The first-order chi connectivity index (χ1) is 15.8. The first-order valence-electron chi connectivity index (χ1n) is 11.5. The molecule has 0 unspecified atom stereocenters. The number of hydrogen-bond donors (Lipinski definition) is 3. The summed E-state index contributed by atoms with van der Waals surface area (Å²) >= 11 is 5.88. The number of aliphatic hydroxyl groups excluding tert-OH is 1. The number of halogens is 1. The third-order valence-corrected chi connectivity index (χ3v) is 6.54. The monoisotopic (exact) mass is 475 g/mol. The fraction of sp³-hybridized carbons (Fsp3) is 0.542. The highest BCUT2D eigenvalue weighted by atomic mass is 35.5. The summed E-state index contributed by atoms with van der Waals surface area (Å²) in [5.74, 6) is 1.59. The molecule has 1 amide bonds. The SMILES string of the molecule is Cc1cc(OCCCC2CCN(c3ncc(Cl)cn3)CC2)c(C[C@H](O)CN)c(C)c1C(N)=O. The predicted molar refractivity (Wildman–Crippen MR) is 130 cm³/mol. The lowest BCUT2D eigenvalue weighted by Gasteiger charge is -2.32. The van der Waals surface area contributed by atoms with E-state index in [9.17, 15) is 9.90 Å². The molecule has 0 spiro atoms. The van der Waals surface area contributed by atoms with Crippen molar-refractivity contribution in [2.45, 2.75) is 52.1 Å². The first-order valence-corrected chi connectivity index (χ1v) is 11.8. The predicted octanol–water partition coefficient (Wildman–Crippen LogP) is 2.78. The summed E-state index contributed by atoms with van der Waals surface area (Å²) in [5, 5.41) is 10.6. The van der Waals surface area contributed by atoms with Gasteiger partial charge in [-0.3, -0.25) is 4.79 Å². The standard InChI is InChI=1S/C24H34ClN5O3/c1-15-10-21(20(11-19(31)12-26)16(2)22(15)23(27)32)33-9-3-4-17-5-7-30(8-6-17)24-28-13-18(25)14-29-24/h10,13-14,17,19,31H,3-9,11-12,26H2,1-2H3,(H2,27,32)/t19-/m0/s1. The number of amides is 1. The topological polar surface area (TPSA) is 128 Å². The Bertz CT molecular complexity index is 946. The molecule has 0 radical (unpaired) electrons. The van der Waals surface area contributed by atoms with Crippen LogP contribution in [0.15, 0.2) is 18.5 Å². The van der Waals surface area contributed by atoms with Gasteiger partial charge in [0.25, 0.3) is 0 Å². The van der Waals surface area contributed by atoms with Crippen LogP contribution in [0.25, 0.3) is 0 Å². The number of primary amides is 1.